The van der Waals surface area contributed by atoms with Crippen LogP contribution in [-0.2, 0) is 9.59 Å². The van der Waals surface area contributed by atoms with Crippen LogP contribution in [0, 0.1) is 5.92 Å². The van der Waals surface area contributed by atoms with Crippen LogP contribution in [0.2, 0.25) is 0 Å². The van der Waals surface area contributed by atoms with E-state index in [0.29, 0.717) is 6.42 Å². The first-order chi connectivity index (χ1) is 8.06. The molecule has 0 saturated carbocycles. The second-order valence-electron chi connectivity index (χ2n) is 3.89. The number of rotatable bonds is 9. The maximum atomic E-state index is 10.6. The van der Waals surface area contributed by atoms with Crippen molar-refractivity contribution >= 4 is 11.9 Å². The molecule has 0 aromatic heterocycles. The van der Waals surface area contributed by atoms with Crippen LogP contribution in [0.25, 0.3) is 0 Å². The second kappa shape index (κ2) is 9.63. The van der Waals surface area contributed by atoms with E-state index in [9.17, 15) is 9.59 Å². The Hall–Kier alpha value is -1.58. The summed E-state index contributed by atoms with van der Waals surface area (Å²) in [6.07, 6.45) is 9.84. The van der Waals surface area contributed by atoms with Crippen LogP contribution >= 0.6 is 0 Å². The number of aliphatic carboxylic acids is 2. The first kappa shape index (κ1) is 15.4. The molecule has 0 bridgehead atoms. The van der Waals surface area contributed by atoms with Gasteiger partial charge in [0, 0.05) is 6.42 Å². The molecule has 0 aliphatic carbocycles. The first-order valence-corrected chi connectivity index (χ1v) is 5.83. The minimum atomic E-state index is -0.900. The van der Waals surface area contributed by atoms with Crippen molar-refractivity contribution in [2.24, 2.45) is 5.92 Å². The van der Waals surface area contributed by atoms with Crippen molar-refractivity contribution in [3.8, 4) is 0 Å². The number of allylic oxidation sites excluding steroid dienone is 4. The lowest BCUT2D eigenvalue weighted by Gasteiger charge is -2.07. The van der Waals surface area contributed by atoms with E-state index in [1.807, 2.05) is 12.2 Å². The molecule has 0 amide bonds. The minimum absolute atomic E-state index is 0.000953. The highest BCUT2D eigenvalue weighted by molar-refractivity contribution is 5.68. The second-order valence-corrected chi connectivity index (χ2v) is 3.89. The SMILES string of the molecule is CCC/C=C/C=C/[C@H](CCC(=O)O)CC(=O)O. The Kier molecular flexibility index (Phi) is 8.74. The molecule has 0 rings (SSSR count). The summed E-state index contributed by atoms with van der Waals surface area (Å²) in [5, 5.41) is 17.2. The van der Waals surface area contributed by atoms with Crippen LogP contribution in [0.15, 0.2) is 24.3 Å². The first-order valence-electron chi connectivity index (χ1n) is 5.83. The van der Waals surface area contributed by atoms with Gasteiger partial charge in [0.05, 0.1) is 6.42 Å². The maximum Gasteiger partial charge on any atom is 0.303 e. The zero-order chi connectivity index (χ0) is 13.1. The van der Waals surface area contributed by atoms with E-state index in [1.54, 1.807) is 12.2 Å². The van der Waals surface area contributed by atoms with Gasteiger partial charge in [0.25, 0.3) is 0 Å². The normalized spacial score (nSPS) is 13.2. The van der Waals surface area contributed by atoms with Gasteiger partial charge in [-0.3, -0.25) is 9.59 Å². The molecular formula is C13H20O4. The third-order valence-electron chi connectivity index (χ3n) is 2.25. The number of hydrogen-bond donors (Lipinski definition) is 2. The standard InChI is InChI=1S/C13H20O4/c1-2-3-4-5-6-7-11(10-13(16)17)8-9-12(14)15/h4-7,11H,2-3,8-10H2,1H3,(H,14,15)(H,16,17)/b5-4+,7-6+/t11-/m1/s1. The Morgan fingerprint density at radius 2 is 1.88 bits per heavy atom. The third-order valence-corrected chi connectivity index (χ3v) is 2.25. The number of unbranched alkanes of at least 4 members (excludes halogenated alkanes) is 1. The van der Waals surface area contributed by atoms with Crippen molar-refractivity contribution in [1.82, 2.24) is 0 Å². The van der Waals surface area contributed by atoms with Gasteiger partial charge < -0.3 is 10.2 Å². The predicted octanol–water partition coefficient (Wildman–Crippen LogP) is 2.85. The smallest absolute Gasteiger partial charge is 0.303 e. The zero-order valence-corrected chi connectivity index (χ0v) is 10.1. The van der Waals surface area contributed by atoms with Crippen molar-refractivity contribution in [1.29, 1.82) is 0 Å². The number of hydrogen-bond acceptors (Lipinski definition) is 2. The Morgan fingerprint density at radius 3 is 2.41 bits per heavy atom. The fourth-order valence-corrected chi connectivity index (χ4v) is 1.36. The van der Waals surface area contributed by atoms with E-state index < -0.39 is 11.9 Å². The summed E-state index contributed by atoms with van der Waals surface area (Å²) in [4.78, 5) is 21.0. The van der Waals surface area contributed by atoms with Crippen molar-refractivity contribution in [2.45, 2.75) is 39.0 Å². The molecular weight excluding hydrogens is 220 g/mol. The van der Waals surface area contributed by atoms with Crippen LogP contribution in [-0.4, -0.2) is 22.2 Å². The van der Waals surface area contributed by atoms with Crippen molar-refractivity contribution < 1.29 is 19.8 Å². The highest BCUT2D eigenvalue weighted by Gasteiger charge is 2.11. The van der Waals surface area contributed by atoms with Gasteiger partial charge in [0.2, 0.25) is 0 Å². The van der Waals surface area contributed by atoms with Gasteiger partial charge in [-0.25, -0.2) is 0 Å². The Balaban J connectivity index is 4.17. The molecule has 0 aliphatic heterocycles. The third kappa shape index (κ3) is 10.7. The average molecular weight is 240 g/mol. The van der Waals surface area contributed by atoms with Crippen molar-refractivity contribution in [2.75, 3.05) is 0 Å². The van der Waals surface area contributed by atoms with Gasteiger partial charge in [0.15, 0.2) is 0 Å². The fraction of sp³-hybridized carbons (Fsp3) is 0.538. The van der Waals surface area contributed by atoms with Crippen LogP contribution in [0.4, 0.5) is 0 Å². The zero-order valence-electron chi connectivity index (χ0n) is 10.1. The summed E-state index contributed by atoms with van der Waals surface area (Å²) in [7, 11) is 0. The molecule has 0 aromatic carbocycles. The summed E-state index contributed by atoms with van der Waals surface area (Å²) in [5.74, 6) is -2.01. The van der Waals surface area contributed by atoms with Gasteiger partial charge in [0.1, 0.15) is 0 Å². The van der Waals surface area contributed by atoms with Gasteiger partial charge in [-0.05, 0) is 18.8 Å². The molecule has 0 saturated heterocycles. The van der Waals surface area contributed by atoms with Crippen molar-refractivity contribution in [3.05, 3.63) is 24.3 Å². The molecule has 17 heavy (non-hydrogen) atoms. The summed E-state index contributed by atoms with van der Waals surface area (Å²) >= 11 is 0. The largest absolute Gasteiger partial charge is 0.481 e. The van der Waals surface area contributed by atoms with Gasteiger partial charge in [-0.1, -0.05) is 37.6 Å². The number of carbonyl (C=O) groups is 2. The van der Waals surface area contributed by atoms with Crippen LogP contribution in [0.3, 0.4) is 0 Å². The number of carboxylic acids is 2. The molecule has 96 valence electrons. The Bertz CT molecular complexity index is 292. The average Bonchev–Trinajstić information content (AvgIpc) is 2.24. The Labute approximate surface area is 102 Å². The summed E-state index contributed by atoms with van der Waals surface area (Å²) in [6.45, 7) is 2.08. The minimum Gasteiger partial charge on any atom is -0.481 e. The van der Waals surface area contributed by atoms with Gasteiger partial charge in [-0.2, -0.15) is 0 Å². The van der Waals surface area contributed by atoms with Crippen LogP contribution in [0.1, 0.15) is 39.0 Å². The molecule has 2 N–H and O–H groups in total. The highest BCUT2D eigenvalue weighted by atomic mass is 16.4. The van der Waals surface area contributed by atoms with Crippen molar-refractivity contribution in [3.63, 3.8) is 0 Å². The van der Waals surface area contributed by atoms with E-state index in [0.717, 1.165) is 12.8 Å². The predicted molar refractivity (Wildman–Crippen MR) is 65.8 cm³/mol. The van der Waals surface area contributed by atoms with Crippen LogP contribution < -0.4 is 0 Å². The molecule has 4 heteroatoms. The molecule has 0 heterocycles. The fourth-order valence-electron chi connectivity index (χ4n) is 1.36. The molecule has 4 nitrogen and oxygen atoms in total. The molecule has 0 radical (unpaired) electrons. The van der Waals surface area contributed by atoms with E-state index in [-0.39, 0.29) is 18.8 Å². The van der Waals surface area contributed by atoms with E-state index in [4.69, 9.17) is 10.2 Å². The summed E-state index contributed by atoms with van der Waals surface area (Å²) in [6, 6.07) is 0. The lowest BCUT2D eigenvalue weighted by molar-refractivity contribution is -0.140. The lowest BCUT2D eigenvalue weighted by Crippen LogP contribution is -2.07. The van der Waals surface area contributed by atoms with Gasteiger partial charge >= 0.3 is 11.9 Å². The molecule has 0 spiro atoms. The Morgan fingerprint density at radius 1 is 1.18 bits per heavy atom. The summed E-state index contributed by atoms with van der Waals surface area (Å²) < 4.78 is 0. The topological polar surface area (TPSA) is 74.6 Å². The van der Waals surface area contributed by atoms with Gasteiger partial charge in [-0.15, -0.1) is 0 Å². The number of carboxylic acid groups (broad SMARTS) is 2. The molecule has 0 aromatic rings. The molecule has 0 aliphatic rings. The monoisotopic (exact) mass is 240 g/mol. The summed E-state index contributed by atoms with van der Waals surface area (Å²) in [5.41, 5.74) is 0. The lowest BCUT2D eigenvalue weighted by atomic mass is 9.99. The molecule has 0 fully saturated rings. The van der Waals surface area contributed by atoms with E-state index in [1.165, 1.54) is 0 Å². The van der Waals surface area contributed by atoms with E-state index in [2.05, 4.69) is 6.92 Å². The van der Waals surface area contributed by atoms with E-state index >= 15 is 0 Å². The highest BCUT2D eigenvalue weighted by Crippen LogP contribution is 2.13. The molecule has 1 atom stereocenters. The van der Waals surface area contributed by atoms with Crippen LogP contribution in [0.5, 0.6) is 0 Å². The quantitative estimate of drug-likeness (QED) is 0.608. The molecule has 0 unspecified atom stereocenters. The maximum absolute atomic E-state index is 10.6.